The standard InChI is InChI=1S/C26H27N3O3/c1-17-11-12-19(25(31)29-23-9-5-6-10-24(23)30)14-22(17)26(32)28-21-13-20(15-27-16-21)18-7-3-2-4-8-18/h2-4,7-8,11-16,23-24,30H,5-6,9-10H2,1H3,(H,28,32)(H,29,31)/t23-,24-/m0/s1. The monoisotopic (exact) mass is 429 g/mol. The average molecular weight is 430 g/mol. The van der Waals surface area contributed by atoms with Crippen LogP contribution in [0.2, 0.25) is 0 Å². The number of aryl methyl sites for hydroxylation is 1. The molecular weight excluding hydrogens is 402 g/mol. The van der Waals surface area contributed by atoms with E-state index in [2.05, 4.69) is 15.6 Å². The molecule has 0 spiro atoms. The van der Waals surface area contributed by atoms with Gasteiger partial charge in [0.05, 0.1) is 24.0 Å². The van der Waals surface area contributed by atoms with E-state index in [9.17, 15) is 14.7 Å². The summed E-state index contributed by atoms with van der Waals surface area (Å²) in [5.74, 6) is -0.584. The first-order valence-electron chi connectivity index (χ1n) is 10.9. The lowest BCUT2D eigenvalue weighted by atomic mass is 9.92. The number of carbonyl (C=O) groups excluding carboxylic acids is 2. The molecule has 0 unspecified atom stereocenters. The van der Waals surface area contributed by atoms with Crippen molar-refractivity contribution in [1.29, 1.82) is 0 Å². The Morgan fingerprint density at radius 1 is 0.938 bits per heavy atom. The van der Waals surface area contributed by atoms with Gasteiger partial charge in [-0.2, -0.15) is 0 Å². The minimum Gasteiger partial charge on any atom is -0.391 e. The third-order valence-corrected chi connectivity index (χ3v) is 5.89. The van der Waals surface area contributed by atoms with Gasteiger partial charge in [0.25, 0.3) is 11.8 Å². The summed E-state index contributed by atoms with van der Waals surface area (Å²) in [6.07, 6.45) is 6.24. The number of carbonyl (C=O) groups is 2. The maximum Gasteiger partial charge on any atom is 0.255 e. The molecule has 0 bridgehead atoms. The summed E-state index contributed by atoms with van der Waals surface area (Å²) >= 11 is 0. The number of amides is 2. The van der Waals surface area contributed by atoms with Gasteiger partial charge in [-0.3, -0.25) is 14.6 Å². The van der Waals surface area contributed by atoms with Gasteiger partial charge in [-0.05, 0) is 49.1 Å². The van der Waals surface area contributed by atoms with Crippen LogP contribution in [0, 0.1) is 6.92 Å². The molecule has 1 heterocycles. The second-order valence-electron chi connectivity index (χ2n) is 8.24. The van der Waals surface area contributed by atoms with Crippen LogP contribution in [0.4, 0.5) is 5.69 Å². The van der Waals surface area contributed by atoms with Crippen molar-refractivity contribution < 1.29 is 14.7 Å². The lowest BCUT2D eigenvalue weighted by Gasteiger charge is -2.28. The fraction of sp³-hybridized carbons (Fsp3) is 0.269. The highest BCUT2D eigenvalue weighted by molar-refractivity contribution is 6.07. The Labute approximate surface area is 187 Å². The molecule has 0 saturated heterocycles. The Morgan fingerprint density at radius 3 is 2.50 bits per heavy atom. The Hall–Kier alpha value is -3.51. The number of nitrogens with one attached hydrogen (secondary N) is 2. The molecule has 1 aliphatic rings. The zero-order valence-electron chi connectivity index (χ0n) is 18.0. The Balaban J connectivity index is 1.50. The third kappa shape index (κ3) is 5.03. The van der Waals surface area contributed by atoms with Crippen LogP contribution in [-0.4, -0.2) is 34.1 Å². The van der Waals surface area contributed by atoms with Gasteiger partial charge >= 0.3 is 0 Å². The van der Waals surface area contributed by atoms with E-state index < -0.39 is 6.10 Å². The average Bonchev–Trinajstić information content (AvgIpc) is 2.81. The van der Waals surface area contributed by atoms with E-state index in [-0.39, 0.29) is 17.9 Å². The fourth-order valence-electron chi connectivity index (χ4n) is 4.03. The van der Waals surface area contributed by atoms with E-state index in [0.717, 1.165) is 36.0 Å². The third-order valence-electron chi connectivity index (χ3n) is 5.89. The topological polar surface area (TPSA) is 91.3 Å². The maximum absolute atomic E-state index is 13.0. The highest BCUT2D eigenvalue weighted by Gasteiger charge is 2.25. The van der Waals surface area contributed by atoms with Crippen molar-refractivity contribution in [3.8, 4) is 11.1 Å². The second-order valence-corrected chi connectivity index (χ2v) is 8.24. The lowest BCUT2D eigenvalue weighted by molar-refractivity contribution is 0.0717. The molecule has 3 N–H and O–H groups in total. The summed E-state index contributed by atoms with van der Waals surface area (Å²) in [5, 5.41) is 15.9. The number of aromatic nitrogens is 1. The Kier molecular flexibility index (Phi) is 6.61. The van der Waals surface area contributed by atoms with Gasteiger partial charge in [0.2, 0.25) is 0 Å². The number of hydrogen-bond acceptors (Lipinski definition) is 4. The molecule has 1 saturated carbocycles. The Morgan fingerprint density at radius 2 is 1.72 bits per heavy atom. The molecule has 3 aromatic rings. The molecule has 32 heavy (non-hydrogen) atoms. The quantitative estimate of drug-likeness (QED) is 0.563. The molecule has 6 heteroatoms. The zero-order chi connectivity index (χ0) is 22.5. The number of nitrogens with zero attached hydrogens (tertiary/aromatic N) is 1. The number of aliphatic hydroxyl groups is 1. The van der Waals surface area contributed by atoms with Crippen molar-refractivity contribution >= 4 is 17.5 Å². The normalized spacial score (nSPS) is 18.1. The molecule has 1 aromatic heterocycles. The summed E-state index contributed by atoms with van der Waals surface area (Å²) in [6.45, 7) is 1.83. The maximum atomic E-state index is 13.0. The predicted molar refractivity (Wildman–Crippen MR) is 125 cm³/mol. The van der Waals surface area contributed by atoms with E-state index >= 15 is 0 Å². The van der Waals surface area contributed by atoms with E-state index in [1.54, 1.807) is 30.6 Å². The smallest absolute Gasteiger partial charge is 0.255 e. The van der Waals surface area contributed by atoms with Gasteiger partial charge in [0.1, 0.15) is 0 Å². The van der Waals surface area contributed by atoms with Crippen LogP contribution in [0.1, 0.15) is 52.0 Å². The summed E-state index contributed by atoms with van der Waals surface area (Å²) in [4.78, 5) is 30.0. The van der Waals surface area contributed by atoms with Crippen molar-refractivity contribution in [2.45, 2.75) is 44.8 Å². The van der Waals surface area contributed by atoms with Crippen molar-refractivity contribution in [3.63, 3.8) is 0 Å². The van der Waals surface area contributed by atoms with E-state index in [4.69, 9.17) is 0 Å². The molecule has 4 rings (SSSR count). The van der Waals surface area contributed by atoms with Gasteiger partial charge < -0.3 is 15.7 Å². The Bertz CT molecular complexity index is 1110. The summed E-state index contributed by atoms with van der Waals surface area (Å²) in [5.41, 5.74) is 4.08. The van der Waals surface area contributed by atoms with E-state index in [0.29, 0.717) is 23.2 Å². The highest BCUT2D eigenvalue weighted by Crippen LogP contribution is 2.22. The summed E-state index contributed by atoms with van der Waals surface area (Å²) in [6, 6.07) is 16.5. The molecular formula is C26H27N3O3. The first-order valence-corrected chi connectivity index (χ1v) is 10.9. The predicted octanol–water partition coefficient (Wildman–Crippen LogP) is 4.34. The minimum atomic E-state index is -0.523. The molecule has 2 amide bonds. The van der Waals surface area contributed by atoms with Crippen LogP contribution in [0.15, 0.2) is 67.0 Å². The van der Waals surface area contributed by atoms with Gasteiger partial charge in [-0.15, -0.1) is 0 Å². The fourth-order valence-corrected chi connectivity index (χ4v) is 4.03. The highest BCUT2D eigenvalue weighted by atomic mass is 16.3. The zero-order valence-corrected chi connectivity index (χ0v) is 18.0. The van der Waals surface area contributed by atoms with Crippen molar-refractivity contribution in [3.05, 3.63) is 83.7 Å². The SMILES string of the molecule is Cc1ccc(C(=O)N[C@H]2CCCC[C@@H]2O)cc1C(=O)Nc1cncc(-c2ccccc2)c1. The van der Waals surface area contributed by atoms with Crippen molar-refractivity contribution in [2.24, 2.45) is 0 Å². The molecule has 0 radical (unpaired) electrons. The number of benzene rings is 2. The number of aliphatic hydroxyl groups excluding tert-OH is 1. The van der Waals surface area contributed by atoms with Crippen LogP contribution in [-0.2, 0) is 0 Å². The molecule has 2 atom stereocenters. The molecule has 1 fully saturated rings. The summed E-state index contributed by atoms with van der Waals surface area (Å²) in [7, 11) is 0. The molecule has 2 aromatic carbocycles. The number of hydrogen-bond donors (Lipinski definition) is 3. The first kappa shape index (κ1) is 21.7. The van der Waals surface area contributed by atoms with E-state index in [1.165, 1.54) is 0 Å². The van der Waals surface area contributed by atoms with Crippen molar-refractivity contribution in [1.82, 2.24) is 10.3 Å². The van der Waals surface area contributed by atoms with Crippen molar-refractivity contribution in [2.75, 3.05) is 5.32 Å². The number of anilines is 1. The van der Waals surface area contributed by atoms with Crippen LogP contribution < -0.4 is 10.6 Å². The molecule has 1 aliphatic carbocycles. The summed E-state index contributed by atoms with van der Waals surface area (Å²) < 4.78 is 0. The van der Waals surface area contributed by atoms with Crippen LogP contribution >= 0.6 is 0 Å². The van der Waals surface area contributed by atoms with Gasteiger partial charge in [0.15, 0.2) is 0 Å². The van der Waals surface area contributed by atoms with Crippen LogP contribution in [0.25, 0.3) is 11.1 Å². The molecule has 6 nitrogen and oxygen atoms in total. The van der Waals surface area contributed by atoms with Crippen LogP contribution in [0.5, 0.6) is 0 Å². The molecule has 0 aliphatic heterocycles. The lowest BCUT2D eigenvalue weighted by Crippen LogP contribution is -2.45. The van der Waals surface area contributed by atoms with Crippen LogP contribution in [0.3, 0.4) is 0 Å². The second kappa shape index (κ2) is 9.75. The number of pyridine rings is 1. The van der Waals surface area contributed by atoms with Gasteiger partial charge in [0, 0.05) is 22.9 Å². The van der Waals surface area contributed by atoms with Gasteiger partial charge in [-0.25, -0.2) is 0 Å². The van der Waals surface area contributed by atoms with Gasteiger partial charge in [-0.1, -0.05) is 49.2 Å². The largest absolute Gasteiger partial charge is 0.391 e. The first-order chi connectivity index (χ1) is 15.5. The molecule has 164 valence electrons. The number of rotatable bonds is 5. The van der Waals surface area contributed by atoms with E-state index in [1.807, 2.05) is 43.3 Å². The minimum absolute atomic E-state index is 0.248.